The number of nitrogens with one attached hydrogen (secondary N) is 1. The molecule has 132 valence electrons. The van der Waals surface area contributed by atoms with Crippen molar-refractivity contribution in [2.45, 2.75) is 24.8 Å². The fourth-order valence-corrected chi connectivity index (χ4v) is 3.20. The summed E-state index contributed by atoms with van der Waals surface area (Å²) in [5.74, 6) is -0.0965. The highest BCUT2D eigenvalue weighted by molar-refractivity contribution is 5.79. The normalized spacial score (nSPS) is 14.1. The van der Waals surface area contributed by atoms with Gasteiger partial charge in [0.2, 0.25) is 6.43 Å². The lowest BCUT2D eigenvalue weighted by Crippen LogP contribution is -2.39. The van der Waals surface area contributed by atoms with Crippen molar-refractivity contribution in [3.8, 4) is 11.1 Å². The van der Waals surface area contributed by atoms with Crippen LogP contribution in [0.25, 0.3) is 11.1 Å². The van der Waals surface area contributed by atoms with Crippen molar-refractivity contribution in [3.05, 3.63) is 59.7 Å². The number of amides is 1. The van der Waals surface area contributed by atoms with E-state index in [1.54, 1.807) is 0 Å². The number of rotatable bonds is 6. The van der Waals surface area contributed by atoms with Crippen molar-refractivity contribution < 1.29 is 23.4 Å². The van der Waals surface area contributed by atoms with E-state index in [2.05, 4.69) is 5.32 Å². The molecule has 6 heteroatoms. The van der Waals surface area contributed by atoms with Crippen molar-refractivity contribution in [1.29, 1.82) is 0 Å². The van der Waals surface area contributed by atoms with E-state index in [0.29, 0.717) is 0 Å². The van der Waals surface area contributed by atoms with Crippen LogP contribution in [0.3, 0.4) is 0 Å². The summed E-state index contributed by atoms with van der Waals surface area (Å²) in [5.41, 5.74) is 4.36. The molecule has 0 fully saturated rings. The second-order valence-electron chi connectivity index (χ2n) is 5.98. The average molecular weight is 347 g/mol. The van der Waals surface area contributed by atoms with Crippen LogP contribution in [0, 0.1) is 0 Å². The minimum Gasteiger partial charge on any atom is -0.449 e. The number of hydrogen-bond donors (Lipinski definition) is 2. The highest BCUT2D eigenvalue weighted by Crippen LogP contribution is 2.44. The Kier molecular flexibility index (Phi) is 5.28. The molecule has 0 radical (unpaired) electrons. The Labute approximate surface area is 144 Å². The molecule has 1 amide bonds. The van der Waals surface area contributed by atoms with E-state index in [-0.39, 0.29) is 12.5 Å². The number of fused-ring (bicyclic) bond motifs is 3. The van der Waals surface area contributed by atoms with E-state index in [1.165, 1.54) is 0 Å². The topological polar surface area (TPSA) is 58.6 Å². The smallest absolute Gasteiger partial charge is 0.407 e. The minimum atomic E-state index is -2.61. The lowest BCUT2D eigenvalue weighted by atomic mass is 9.98. The lowest BCUT2D eigenvalue weighted by Gasteiger charge is -2.18. The molecule has 0 heterocycles. The molecule has 0 bridgehead atoms. The van der Waals surface area contributed by atoms with Crippen LogP contribution in [-0.4, -0.2) is 36.9 Å². The van der Waals surface area contributed by atoms with Crippen LogP contribution in [-0.2, 0) is 4.74 Å². The molecular weight excluding hydrogens is 328 g/mol. The monoisotopic (exact) mass is 347 g/mol. The van der Waals surface area contributed by atoms with Gasteiger partial charge in [0, 0.05) is 12.3 Å². The molecule has 1 aliphatic rings. The Bertz CT molecular complexity index is 705. The summed E-state index contributed by atoms with van der Waals surface area (Å²) < 4.78 is 30.0. The number of alkyl halides is 2. The van der Waals surface area contributed by atoms with Crippen molar-refractivity contribution in [2.24, 2.45) is 0 Å². The molecule has 1 unspecified atom stereocenters. The number of carbonyl (C=O) groups is 1. The van der Waals surface area contributed by atoms with E-state index in [9.17, 15) is 13.6 Å². The van der Waals surface area contributed by atoms with Gasteiger partial charge in [-0.1, -0.05) is 48.5 Å². The summed E-state index contributed by atoms with van der Waals surface area (Å²) in [5, 5.41) is 11.3. The first-order valence-electron chi connectivity index (χ1n) is 8.10. The van der Waals surface area contributed by atoms with Crippen molar-refractivity contribution in [2.75, 3.05) is 13.2 Å². The van der Waals surface area contributed by atoms with Crippen molar-refractivity contribution in [1.82, 2.24) is 5.32 Å². The van der Waals surface area contributed by atoms with Crippen LogP contribution >= 0.6 is 0 Å². The average Bonchev–Trinajstić information content (AvgIpc) is 2.93. The Morgan fingerprint density at radius 3 is 2.16 bits per heavy atom. The molecule has 1 aliphatic carbocycles. The standard InChI is InChI=1S/C19H19F2NO3/c20-18(21)9-12(10-23)22-19(24)25-11-17-15-7-3-1-5-13(15)14-6-2-4-8-16(14)17/h1-8,12,17-18,23H,9-11H2,(H,22,24). The van der Waals surface area contributed by atoms with E-state index in [0.717, 1.165) is 22.3 Å². The summed E-state index contributed by atoms with van der Waals surface area (Å²) in [6, 6.07) is 14.8. The maximum Gasteiger partial charge on any atom is 0.407 e. The number of halogens is 2. The molecule has 0 saturated heterocycles. The van der Waals surface area contributed by atoms with Gasteiger partial charge >= 0.3 is 6.09 Å². The predicted octanol–water partition coefficient (Wildman–Crippen LogP) is 3.54. The van der Waals surface area contributed by atoms with Crippen molar-refractivity contribution >= 4 is 6.09 Å². The van der Waals surface area contributed by atoms with Crippen molar-refractivity contribution in [3.63, 3.8) is 0 Å². The molecule has 25 heavy (non-hydrogen) atoms. The molecule has 0 saturated carbocycles. The van der Waals surface area contributed by atoms with Crippen LogP contribution in [0.5, 0.6) is 0 Å². The Balaban J connectivity index is 1.68. The summed E-state index contributed by atoms with van der Waals surface area (Å²) in [7, 11) is 0. The molecular formula is C19H19F2NO3. The first-order chi connectivity index (χ1) is 12.1. The van der Waals surface area contributed by atoms with Gasteiger partial charge in [0.25, 0.3) is 0 Å². The molecule has 2 N–H and O–H groups in total. The maximum absolute atomic E-state index is 12.4. The zero-order valence-electron chi connectivity index (χ0n) is 13.5. The van der Waals surface area contributed by atoms with Crippen LogP contribution in [0.2, 0.25) is 0 Å². The Morgan fingerprint density at radius 2 is 1.64 bits per heavy atom. The number of aliphatic hydroxyl groups excluding tert-OH is 1. The van der Waals surface area contributed by atoms with Gasteiger partial charge in [0.1, 0.15) is 6.61 Å². The van der Waals surface area contributed by atoms with Gasteiger partial charge in [-0.2, -0.15) is 0 Å². The first-order valence-corrected chi connectivity index (χ1v) is 8.10. The highest BCUT2D eigenvalue weighted by atomic mass is 19.3. The number of hydrogen-bond acceptors (Lipinski definition) is 3. The molecule has 0 spiro atoms. The Hall–Kier alpha value is -2.47. The van der Waals surface area contributed by atoms with E-state index < -0.39 is 31.6 Å². The molecule has 2 aromatic carbocycles. The number of aliphatic hydroxyl groups is 1. The summed E-state index contributed by atoms with van der Waals surface area (Å²) in [6.07, 6.45) is -4.02. The largest absolute Gasteiger partial charge is 0.449 e. The molecule has 2 aromatic rings. The van der Waals surface area contributed by atoms with Crippen LogP contribution in [0.15, 0.2) is 48.5 Å². The first kappa shape index (κ1) is 17.4. The predicted molar refractivity (Wildman–Crippen MR) is 89.7 cm³/mol. The summed E-state index contributed by atoms with van der Waals surface area (Å²) in [6.45, 7) is -0.457. The molecule has 3 rings (SSSR count). The second-order valence-corrected chi connectivity index (χ2v) is 5.98. The van der Waals surface area contributed by atoms with Gasteiger partial charge in [-0.15, -0.1) is 0 Å². The highest BCUT2D eigenvalue weighted by Gasteiger charge is 2.29. The SMILES string of the molecule is O=C(NC(CO)CC(F)F)OCC1c2ccccc2-c2ccccc21. The van der Waals surface area contributed by atoms with Gasteiger partial charge in [-0.05, 0) is 22.3 Å². The second kappa shape index (κ2) is 7.61. The third kappa shape index (κ3) is 3.79. The van der Waals surface area contributed by atoms with Crippen LogP contribution < -0.4 is 5.32 Å². The number of ether oxygens (including phenoxy) is 1. The van der Waals surface area contributed by atoms with Gasteiger partial charge in [0.05, 0.1) is 12.6 Å². The third-order valence-corrected chi connectivity index (χ3v) is 4.35. The maximum atomic E-state index is 12.4. The van der Waals surface area contributed by atoms with Crippen LogP contribution in [0.4, 0.5) is 13.6 Å². The zero-order valence-corrected chi connectivity index (χ0v) is 13.5. The zero-order chi connectivity index (χ0) is 17.8. The van der Waals surface area contributed by atoms with Gasteiger partial charge in [0.15, 0.2) is 0 Å². The summed E-state index contributed by atoms with van der Waals surface area (Å²) >= 11 is 0. The van der Waals surface area contributed by atoms with Crippen LogP contribution in [0.1, 0.15) is 23.5 Å². The summed E-state index contributed by atoms with van der Waals surface area (Å²) in [4.78, 5) is 11.9. The fraction of sp³-hybridized carbons (Fsp3) is 0.316. The van der Waals surface area contributed by atoms with Gasteiger partial charge < -0.3 is 15.2 Å². The van der Waals surface area contributed by atoms with E-state index >= 15 is 0 Å². The quantitative estimate of drug-likeness (QED) is 0.840. The van der Waals surface area contributed by atoms with E-state index in [4.69, 9.17) is 9.84 Å². The van der Waals surface area contributed by atoms with Gasteiger partial charge in [-0.3, -0.25) is 0 Å². The third-order valence-electron chi connectivity index (χ3n) is 4.35. The van der Waals surface area contributed by atoms with E-state index in [1.807, 2.05) is 48.5 Å². The molecule has 4 nitrogen and oxygen atoms in total. The van der Waals surface area contributed by atoms with Gasteiger partial charge in [-0.25, -0.2) is 13.6 Å². The number of alkyl carbamates (subject to hydrolysis) is 1. The lowest BCUT2D eigenvalue weighted by molar-refractivity contribution is 0.0947. The minimum absolute atomic E-state index is 0.0965. The molecule has 1 atom stereocenters. The molecule has 0 aromatic heterocycles. The Morgan fingerprint density at radius 1 is 1.08 bits per heavy atom. The fourth-order valence-electron chi connectivity index (χ4n) is 3.20. The number of benzene rings is 2. The number of carbonyl (C=O) groups excluding carboxylic acids is 1. The molecule has 0 aliphatic heterocycles.